The van der Waals surface area contributed by atoms with Gasteiger partial charge in [0.1, 0.15) is 0 Å². The highest BCUT2D eigenvalue weighted by atomic mass is 35.5. The van der Waals surface area contributed by atoms with E-state index in [1.54, 1.807) is 23.9 Å². The van der Waals surface area contributed by atoms with Crippen LogP contribution in [0.5, 0.6) is 0 Å². The third kappa shape index (κ3) is 2.91. The maximum atomic E-state index is 5.96. The molecule has 96 valence electrons. The van der Waals surface area contributed by atoms with Crippen LogP contribution in [0.4, 0.5) is 5.69 Å². The van der Waals surface area contributed by atoms with E-state index >= 15 is 0 Å². The highest BCUT2D eigenvalue weighted by Crippen LogP contribution is 2.32. The van der Waals surface area contributed by atoms with Crippen LogP contribution in [0.15, 0.2) is 16.7 Å². The highest BCUT2D eigenvalue weighted by Gasteiger charge is 2.12. The van der Waals surface area contributed by atoms with Crippen LogP contribution in [0.1, 0.15) is 12.7 Å². The molecule has 1 aromatic carbocycles. The van der Waals surface area contributed by atoms with Crippen molar-refractivity contribution in [3.8, 4) is 11.5 Å². The van der Waals surface area contributed by atoms with Crippen LogP contribution in [0.3, 0.4) is 0 Å². The summed E-state index contributed by atoms with van der Waals surface area (Å²) < 4.78 is 5.17. The Bertz CT molecular complexity index is 536. The van der Waals surface area contributed by atoms with Crippen LogP contribution in [0.2, 0.25) is 10.0 Å². The van der Waals surface area contributed by atoms with E-state index in [2.05, 4.69) is 17.1 Å². The number of rotatable bonds is 4. The molecule has 0 aliphatic rings. The SMILES string of the molecule is CCSCc1noc(-c2cc(Cl)c(N)c(Cl)c2)n1. The zero-order chi connectivity index (χ0) is 13.1. The number of aromatic nitrogens is 2. The standard InChI is InChI=1S/C11H11Cl2N3OS/c1-2-18-5-9-15-11(17-16-9)6-3-7(12)10(14)8(13)4-6/h3-4H,2,5,14H2,1H3. The maximum Gasteiger partial charge on any atom is 0.258 e. The van der Waals surface area contributed by atoms with Crippen molar-refractivity contribution in [2.75, 3.05) is 11.5 Å². The van der Waals surface area contributed by atoms with Gasteiger partial charge in [0.05, 0.1) is 21.5 Å². The lowest BCUT2D eigenvalue weighted by Crippen LogP contribution is -1.89. The molecule has 2 aromatic rings. The fourth-order valence-electron chi connectivity index (χ4n) is 1.33. The third-order valence-corrected chi connectivity index (χ3v) is 3.73. The van der Waals surface area contributed by atoms with E-state index in [0.29, 0.717) is 33.0 Å². The molecule has 0 saturated carbocycles. The van der Waals surface area contributed by atoms with Gasteiger partial charge in [-0.1, -0.05) is 35.3 Å². The van der Waals surface area contributed by atoms with Gasteiger partial charge in [-0.3, -0.25) is 0 Å². The quantitative estimate of drug-likeness (QED) is 0.868. The van der Waals surface area contributed by atoms with Crippen molar-refractivity contribution in [2.24, 2.45) is 0 Å². The monoisotopic (exact) mass is 303 g/mol. The van der Waals surface area contributed by atoms with Gasteiger partial charge in [-0.2, -0.15) is 16.7 Å². The number of anilines is 1. The van der Waals surface area contributed by atoms with Crippen LogP contribution in [-0.2, 0) is 5.75 Å². The third-order valence-electron chi connectivity index (χ3n) is 2.23. The molecule has 0 unspecified atom stereocenters. The molecule has 0 fully saturated rings. The van der Waals surface area contributed by atoms with Gasteiger partial charge in [-0.15, -0.1) is 0 Å². The number of nitrogens with zero attached hydrogens (tertiary/aromatic N) is 2. The van der Waals surface area contributed by atoms with E-state index in [1.165, 1.54) is 0 Å². The minimum atomic E-state index is 0.350. The first kappa shape index (κ1) is 13.5. The van der Waals surface area contributed by atoms with E-state index in [9.17, 15) is 0 Å². The number of nitrogens with two attached hydrogens (primary N) is 1. The molecule has 0 aliphatic carbocycles. The molecule has 2 rings (SSSR count). The fraction of sp³-hybridized carbons (Fsp3) is 0.273. The van der Waals surface area contributed by atoms with Crippen molar-refractivity contribution in [3.63, 3.8) is 0 Å². The zero-order valence-electron chi connectivity index (χ0n) is 9.61. The van der Waals surface area contributed by atoms with Crippen LogP contribution in [0.25, 0.3) is 11.5 Å². The molecule has 0 aliphatic heterocycles. The largest absolute Gasteiger partial charge is 0.396 e. The predicted molar refractivity (Wildman–Crippen MR) is 76.0 cm³/mol. The van der Waals surface area contributed by atoms with Crippen molar-refractivity contribution >= 4 is 40.7 Å². The van der Waals surface area contributed by atoms with Crippen LogP contribution < -0.4 is 5.73 Å². The Morgan fingerprint density at radius 2 is 2.00 bits per heavy atom. The summed E-state index contributed by atoms with van der Waals surface area (Å²) in [6.07, 6.45) is 0. The molecule has 1 heterocycles. The number of thioether (sulfide) groups is 1. The second-order valence-electron chi connectivity index (χ2n) is 3.51. The van der Waals surface area contributed by atoms with Crippen molar-refractivity contribution in [1.29, 1.82) is 0 Å². The molecule has 0 bridgehead atoms. The summed E-state index contributed by atoms with van der Waals surface area (Å²) in [5, 5.41) is 4.64. The summed E-state index contributed by atoms with van der Waals surface area (Å²) in [4.78, 5) is 4.27. The second-order valence-corrected chi connectivity index (χ2v) is 5.60. The topological polar surface area (TPSA) is 64.9 Å². The van der Waals surface area contributed by atoms with E-state index < -0.39 is 0 Å². The Balaban J connectivity index is 2.28. The molecule has 2 N–H and O–H groups in total. The predicted octanol–water partition coefficient (Wildman–Crippen LogP) is 3.88. The second kappa shape index (κ2) is 5.82. The average Bonchev–Trinajstić information content (AvgIpc) is 2.81. The molecule has 7 heteroatoms. The number of hydrogen-bond acceptors (Lipinski definition) is 5. The summed E-state index contributed by atoms with van der Waals surface area (Å²) in [7, 11) is 0. The Morgan fingerprint density at radius 3 is 2.61 bits per heavy atom. The minimum Gasteiger partial charge on any atom is -0.396 e. The maximum absolute atomic E-state index is 5.96. The summed E-state index contributed by atoms with van der Waals surface area (Å²) in [5.41, 5.74) is 6.68. The molecule has 4 nitrogen and oxygen atoms in total. The summed E-state index contributed by atoms with van der Waals surface area (Å²) in [5.74, 6) is 2.77. The van der Waals surface area contributed by atoms with Gasteiger partial charge in [0.25, 0.3) is 5.89 Å². The van der Waals surface area contributed by atoms with Gasteiger partial charge < -0.3 is 10.3 Å². The molecule has 0 radical (unpaired) electrons. The Labute approximate surface area is 119 Å². The number of halogens is 2. The summed E-state index contributed by atoms with van der Waals surface area (Å²) in [6, 6.07) is 3.32. The lowest BCUT2D eigenvalue weighted by atomic mass is 10.2. The molecule has 0 atom stereocenters. The zero-order valence-corrected chi connectivity index (χ0v) is 11.9. The van der Waals surface area contributed by atoms with Gasteiger partial charge in [0, 0.05) is 5.56 Å². The normalized spacial score (nSPS) is 10.8. The summed E-state index contributed by atoms with van der Waals surface area (Å²) in [6.45, 7) is 2.07. The highest BCUT2D eigenvalue weighted by molar-refractivity contribution is 7.98. The van der Waals surface area contributed by atoms with Crippen molar-refractivity contribution in [2.45, 2.75) is 12.7 Å². The van der Waals surface area contributed by atoms with E-state index in [4.69, 9.17) is 33.5 Å². The average molecular weight is 304 g/mol. The number of benzene rings is 1. The Kier molecular flexibility index (Phi) is 4.37. The van der Waals surface area contributed by atoms with Crippen LogP contribution in [0, 0.1) is 0 Å². The van der Waals surface area contributed by atoms with Gasteiger partial charge in [0.15, 0.2) is 5.82 Å². The van der Waals surface area contributed by atoms with E-state index in [1.807, 2.05) is 0 Å². The molecule has 18 heavy (non-hydrogen) atoms. The summed E-state index contributed by atoms with van der Waals surface area (Å²) >= 11 is 13.6. The van der Waals surface area contributed by atoms with E-state index in [-0.39, 0.29) is 0 Å². The van der Waals surface area contributed by atoms with E-state index in [0.717, 1.165) is 11.5 Å². The van der Waals surface area contributed by atoms with Crippen molar-refractivity contribution in [3.05, 3.63) is 28.0 Å². The Hall–Kier alpha value is -0.910. The van der Waals surface area contributed by atoms with Gasteiger partial charge in [-0.25, -0.2) is 0 Å². The molecule has 1 aromatic heterocycles. The van der Waals surface area contributed by atoms with Gasteiger partial charge in [0.2, 0.25) is 0 Å². The Morgan fingerprint density at radius 1 is 1.33 bits per heavy atom. The van der Waals surface area contributed by atoms with Gasteiger partial charge in [-0.05, 0) is 17.9 Å². The lowest BCUT2D eigenvalue weighted by Gasteiger charge is -2.02. The number of nitrogen functional groups attached to an aromatic ring is 1. The first-order chi connectivity index (χ1) is 8.61. The fourth-order valence-corrected chi connectivity index (χ4v) is 2.32. The number of hydrogen-bond donors (Lipinski definition) is 1. The first-order valence-corrected chi connectivity index (χ1v) is 7.18. The van der Waals surface area contributed by atoms with Crippen molar-refractivity contribution in [1.82, 2.24) is 10.1 Å². The molecule has 0 saturated heterocycles. The molecular weight excluding hydrogens is 293 g/mol. The minimum absolute atomic E-state index is 0.350. The van der Waals surface area contributed by atoms with Gasteiger partial charge >= 0.3 is 0 Å². The molecule has 0 amide bonds. The first-order valence-electron chi connectivity index (χ1n) is 5.27. The lowest BCUT2D eigenvalue weighted by molar-refractivity contribution is 0.425. The van der Waals surface area contributed by atoms with Crippen molar-refractivity contribution < 1.29 is 4.52 Å². The smallest absolute Gasteiger partial charge is 0.258 e. The van der Waals surface area contributed by atoms with Crippen LogP contribution in [-0.4, -0.2) is 15.9 Å². The van der Waals surface area contributed by atoms with Crippen LogP contribution >= 0.6 is 35.0 Å². The molecule has 0 spiro atoms. The molecular formula is C11H11Cl2N3OS.